The van der Waals surface area contributed by atoms with Gasteiger partial charge in [-0.3, -0.25) is 4.99 Å². The van der Waals surface area contributed by atoms with Crippen LogP contribution < -0.4 is 10.6 Å². The summed E-state index contributed by atoms with van der Waals surface area (Å²) in [5.41, 5.74) is 1.13. The Kier molecular flexibility index (Phi) is 6.25. The molecule has 0 spiro atoms. The lowest BCUT2D eigenvalue weighted by Crippen LogP contribution is -2.41. The molecule has 1 aromatic rings. The molecule has 1 aliphatic heterocycles. The SMILES string of the molecule is Fc1ccc(CCNC2=NCCCN2)cc1.I. The second-order valence-corrected chi connectivity index (χ2v) is 3.81. The molecule has 0 saturated heterocycles. The van der Waals surface area contributed by atoms with Crippen molar-refractivity contribution >= 4 is 29.9 Å². The van der Waals surface area contributed by atoms with E-state index in [4.69, 9.17) is 0 Å². The fourth-order valence-electron chi connectivity index (χ4n) is 1.63. The van der Waals surface area contributed by atoms with Crippen molar-refractivity contribution in [3.05, 3.63) is 35.6 Å². The molecular weight excluding hydrogens is 332 g/mol. The topological polar surface area (TPSA) is 36.4 Å². The molecule has 0 aliphatic carbocycles. The van der Waals surface area contributed by atoms with Crippen molar-refractivity contribution in [3.8, 4) is 0 Å². The Balaban J connectivity index is 0.00000144. The number of aliphatic imine (C=N–C) groups is 1. The zero-order valence-electron chi connectivity index (χ0n) is 9.58. The van der Waals surface area contributed by atoms with Crippen LogP contribution in [0, 0.1) is 5.82 Å². The van der Waals surface area contributed by atoms with Crippen LogP contribution in [0.1, 0.15) is 12.0 Å². The van der Waals surface area contributed by atoms with Crippen molar-refractivity contribution in [2.75, 3.05) is 19.6 Å². The molecule has 1 aliphatic rings. The predicted octanol–water partition coefficient (Wildman–Crippen LogP) is 1.93. The van der Waals surface area contributed by atoms with Gasteiger partial charge >= 0.3 is 0 Å². The smallest absolute Gasteiger partial charge is 0.191 e. The van der Waals surface area contributed by atoms with Gasteiger partial charge in [0.1, 0.15) is 5.82 Å². The van der Waals surface area contributed by atoms with Crippen LogP contribution in [0.2, 0.25) is 0 Å². The average molecular weight is 349 g/mol. The van der Waals surface area contributed by atoms with E-state index < -0.39 is 0 Å². The number of benzene rings is 1. The molecule has 0 aromatic heterocycles. The van der Waals surface area contributed by atoms with Crippen LogP contribution in [-0.4, -0.2) is 25.6 Å². The van der Waals surface area contributed by atoms with E-state index >= 15 is 0 Å². The fraction of sp³-hybridized carbons (Fsp3) is 0.417. The molecule has 17 heavy (non-hydrogen) atoms. The lowest BCUT2D eigenvalue weighted by atomic mass is 10.1. The lowest BCUT2D eigenvalue weighted by Gasteiger charge is -2.15. The molecule has 0 amide bonds. The van der Waals surface area contributed by atoms with Crippen LogP contribution in [-0.2, 0) is 6.42 Å². The summed E-state index contributed by atoms with van der Waals surface area (Å²) in [6, 6.07) is 6.61. The van der Waals surface area contributed by atoms with E-state index in [0.29, 0.717) is 0 Å². The zero-order chi connectivity index (χ0) is 11.2. The maximum atomic E-state index is 12.7. The molecule has 1 heterocycles. The number of guanidine groups is 1. The predicted molar refractivity (Wildman–Crippen MR) is 78.4 cm³/mol. The van der Waals surface area contributed by atoms with Gasteiger partial charge in [-0.25, -0.2) is 4.39 Å². The van der Waals surface area contributed by atoms with Crippen molar-refractivity contribution < 1.29 is 4.39 Å². The minimum Gasteiger partial charge on any atom is -0.356 e. The van der Waals surface area contributed by atoms with Crippen LogP contribution in [0.5, 0.6) is 0 Å². The Morgan fingerprint density at radius 1 is 1.29 bits per heavy atom. The van der Waals surface area contributed by atoms with E-state index in [9.17, 15) is 4.39 Å². The van der Waals surface area contributed by atoms with Crippen molar-refractivity contribution in [1.82, 2.24) is 10.6 Å². The monoisotopic (exact) mass is 349 g/mol. The van der Waals surface area contributed by atoms with Gasteiger partial charge in [-0.15, -0.1) is 24.0 Å². The minimum atomic E-state index is -0.185. The van der Waals surface area contributed by atoms with Crippen LogP contribution >= 0.6 is 24.0 Å². The zero-order valence-corrected chi connectivity index (χ0v) is 11.9. The molecule has 0 fully saturated rings. The molecule has 3 nitrogen and oxygen atoms in total. The van der Waals surface area contributed by atoms with Crippen LogP contribution in [0.15, 0.2) is 29.3 Å². The molecular formula is C12H17FIN3. The Bertz CT molecular complexity index is 365. The third kappa shape index (κ3) is 4.89. The molecule has 2 N–H and O–H groups in total. The summed E-state index contributed by atoms with van der Waals surface area (Å²) in [6.45, 7) is 2.70. The fourth-order valence-corrected chi connectivity index (χ4v) is 1.63. The van der Waals surface area contributed by atoms with Crippen LogP contribution in [0.4, 0.5) is 4.39 Å². The maximum Gasteiger partial charge on any atom is 0.191 e. The van der Waals surface area contributed by atoms with E-state index in [1.807, 2.05) is 12.1 Å². The normalized spacial score (nSPS) is 14.3. The maximum absolute atomic E-state index is 12.7. The van der Waals surface area contributed by atoms with Gasteiger partial charge in [-0.2, -0.15) is 0 Å². The summed E-state index contributed by atoms with van der Waals surface area (Å²) in [5.74, 6) is 0.698. The first-order valence-corrected chi connectivity index (χ1v) is 5.61. The van der Waals surface area contributed by atoms with Crippen LogP contribution in [0.25, 0.3) is 0 Å². The highest BCUT2D eigenvalue weighted by atomic mass is 127. The molecule has 0 atom stereocenters. The van der Waals surface area contributed by atoms with Crippen molar-refractivity contribution in [2.24, 2.45) is 4.99 Å². The van der Waals surface area contributed by atoms with E-state index in [1.54, 1.807) is 0 Å². The molecule has 5 heteroatoms. The van der Waals surface area contributed by atoms with Crippen molar-refractivity contribution in [2.45, 2.75) is 12.8 Å². The van der Waals surface area contributed by atoms with E-state index in [1.165, 1.54) is 12.1 Å². The molecule has 1 aromatic carbocycles. The van der Waals surface area contributed by atoms with Gasteiger partial charge in [0.15, 0.2) is 5.96 Å². The highest BCUT2D eigenvalue weighted by molar-refractivity contribution is 14.0. The number of rotatable bonds is 3. The van der Waals surface area contributed by atoms with Gasteiger partial charge in [0.25, 0.3) is 0 Å². The van der Waals surface area contributed by atoms with Crippen LogP contribution in [0.3, 0.4) is 0 Å². The summed E-state index contributed by atoms with van der Waals surface area (Å²) in [5, 5.41) is 6.42. The standard InChI is InChI=1S/C12H16FN3.HI/c13-11-4-2-10(3-5-11)6-9-16-12-14-7-1-8-15-12;/h2-5H,1,6-9H2,(H2,14,15,16);1H. The van der Waals surface area contributed by atoms with Gasteiger partial charge < -0.3 is 10.6 Å². The molecule has 94 valence electrons. The Labute approximate surface area is 118 Å². The number of nitrogens with one attached hydrogen (secondary N) is 2. The van der Waals surface area contributed by atoms with Gasteiger partial charge in [0.05, 0.1) is 0 Å². The quantitative estimate of drug-likeness (QED) is 0.819. The molecule has 0 radical (unpaired) electrons. The molecule has 0 unspecified atom stereocenters. The number of hydrogen-bond acceptors (Lipinski definition) is 3. The van der Waals surface area contributed by atoms with Crippen molar-refractivity contribution in [1.29, 1.82) is 0 Å². The van der Waals surface area contributed by atoms with Gasteiger partial charge in [0, 0.05) is 19.6 Å². The Morgan fingerprint density at radius 3 is 2.71 bits per heavy atom. The minimum absolute atomic E-state index is 0. The van der Waals surface area contributed by atoms with Gasteiger partial charge in [-0.05, 0) is 30.5 Å². The van der Waals surface area contributed by atoms with Gasteiger partial charge in [-0.1, -0.05) is 12.1 Å². The van der Waals surface area contributed by atoms with Gasteiger partial charge in [0.2, 0.25) is 0 Å². The number of hydrogen-bond donors (Lipinski definition) is 2. The third-order valence-corrected chi connectivity index (χ3v) is 2.52. The first-order chi connectivity index (χ1) is 7.84. The second kappa shape index (κ2) is 7.47. The average Bonchev–Trinajstić information content (AvgIpc) is 2.33. The number of nitrogens with zero attached hydrogens (tertiary/aromatic N) is 1. The Morgan fingerprint density at radius 2 is 2.06 bits per heavy atom. The molecule has 2 rings (SSSR count). The second-order valence-electron chi connectivity index (χ2n) is 3.81. The van der Waals surface area contributed by atoms with E-state index in [0.717, 1.165) is 44.0 Å². The highest BCUT2D eigenvalue weighted by Crippen LogP contribution is 2.02. The molecule has 0 bridgehead atoms. The van der Waals surface area contributed by atoms with E-state index in [2.05, 4.69) is 15.6 Å². The Hall–Kier alpha value is -0.850. The summed E-state index contributed by atoms with van der Waals surface area (Å²) < 4.78 is 12.7. The lowest BCUT2D eigenvalue weighted by molar-refractivity contribution is 0.626. The highest BCUT2D eigenvalue weighted by Gasteiger charge is 2.02. The summed E-state index contributed by atoms with van der Waals surface area (Å²) in [6.07, 6.45) is 1.98. The summed E-state index contributed by atoms with van der Waals surface area (Å²) in [4.78, 5) is 4.31. The van der Waals surface area contributed by atoms with E-state index in [-0.39, 0.29) is 29.8 Å². The third-order valence-electron chi connectivity index (χ3n) is 2.52. The molecule has 0 saturated carbocycles. The number of halogens is 2. The largest absolute Gasteiger partial charge is 0.356 e. The van der Waals surface area contributed by atoms with Crippen molar-refractivity contribution in [3.63, 3.8) is 0 Å². The summed E-state index contributed by atoms with van der Waals surface area (Å²) in [7, 11) is 0. The first-order valence-electron chi connectivity index (χ1n) is 5.61. The first kappa shape index (κ1) is 14.2. The summed E-state index contributed by atoms with van der Waals surface area (Å²) >= 11 is 0.